The van der Waals surface area contributed by atoms with Crippen LogP contribution in [0.3, 0.4) is 0 Å². The van der Waals surface area contributed by atoms with E-state index >= 15 is 0 Å². The number of anilines is 2. The summed E-state index contributed by atoms with van der Waals surface area (Å²) in [4.78, 5) is 21.9. The van der Waals surface area contributed by atoms with Gasteiger partial charge in [0.2, 0.25) is 0 Å². The van der Waals surface area contributed by atoms with E-state index < -0.39 is 21.2 Å². The van der Waals surface area contributed by atoms with Crippen LogP contribution in [0.4, 0.5) is 16.2 Å². The van der Waals surface area contributed by atoms with Crippen molar-refractivity contribution >= 4 is 38.6 Å². The Morgan fingerprint density at radius 3 is 1.94 bits per heavy atom. The van der Waals surface area contributed by atoms with Crippen LogP contribution >= 0.6 is 21.2 Å². The summed E-state index contributed by atoms with van der Waals surface area (Å²) in [5, 5.41) is 0. The number of carbonyl (C=O) groups is 1. The molecule has 6 rings (SSSR count). The van der Waals surface area contributed by atoms with Gasteiger partial charge in [-0.1, -0.05) is 13.8 Å². The maximum absolute atomic E-state index is 13.4. The zero-order valence-corrected chi connectivity index (χ0v) is 22.4. The Hall–Kier alpha value is -1.37. The number of hydrogen-bond donors (Lipinski definition) is 4. The smallest absolute Gasteiger partial charge is 0.320 e. The van der Waals surface area contributed by atoms with Crippen LogP contribution in [0, 0.1) is 11.3 Å². The molecule has 1 aromatic rings. The highest BCUT2D eigenvalue weighted by Gasteiger charge is 2.47. The maximum Gasteiger partial charge on any atom is 0.320 e. The summed E-state index contributed by atoms with van der Waals surface area (Å²) < 4.78 is 39.7. The molecule has 4 N–H and O–H groups in total. The summed E-state index contributed by atoms with van der Waals surface area (Å²) in [6, 6.07) is 8.82. The number of piperidine rings is 1. The summed E-state index contributed by atoms with van der Waals surface area (Å²) in [6.07, 6.45) is 1.08. The normalized spacial score (nSPS) is 31.6. The fraction of sp³-hybridized carbons (Fsp3) is 0.708. The predicted molar refractivity (Wildman–Crippen MR) is 145 cm³/mol. The number of rotatable bonds is 2. The van der Waals surface area contributed by atoms with Gasteiger partial charge in [-0.25, -0.2) is 4.79 Å². The van der Waals surface area contributed by atoms with E-state index in [4.69, 9.17) is 0 Å². The van der Waals surface area contributed by atoms with E-state index in [1.165, 1.54) is 5.69 Å². The van der Waals surface area contributed by atoms with E-state index in [9.17, 15) is 23.0 Å². The number of fused-ring (bicyclic) bond motifs is 4. The van der Waals surface area contributed by atoms with Crippen molar-refractivity contribution in [2.45, 2.75) is 26.3 Å². The van der Waals surface area contributed by atoms with Crippen LogP contribution in [-0.4, -0.2) is 109 Å². The lowest BCUT2D eigenvalue weighted by Gasteiger charge is -2.48. The molecule has 5 aliphatic heterocycles. The van der Waals surface area contributed by atoms with Gasteiger partial charge in [-0.3, -0.25) is 18.2 Å². The number of hydrogen-bond acceptors (Lipinski definition) is 7. The topological polar surface area (TPSA) is 111 Å². The molecular formula is C24H40N4O5S2. The second kappa shape index (κ2) is 9.18. The number of benzene rings is 1. The Morgan fingerprint density at radius 2 is 1.34 bits per heavy atom. The van der Waals surface area contributed by atoms with Crippen molar-refractivity contribution in [3.05, 3.63) is 24.3 Å². The van der Waals surface area contributed by atoms with Gasteiger partial charge in [0.05, 0.1) is 29.1 Å². The van der Waals surface area contributed by atoms with Crippen LogP contribution in [-0.2, 0) is 0 Å². The molecule has 5 aliphatic rings. The second-order valence-corrected chi connectivity index (χ2v) is 16.2. The Kier molecular flexibility index (Phi) is 6.63. The van der Waals surface area contributed by atoms with E-state index in [1.807, 2.05) is 4.90 Å². The van der Waals surface area contributed by atoms with E-state index in [-0.39, 0.29) is 29.0 Å². The van der Waals surface area contributed by atoms with Gasteiger partial charge < -0.3 is 19.6 Å². The molecule has 11 heteroatoms. The molecule has 1 aromatic carbocycles. The lowest BCUT2D eigenvalue weighted by atomic mass is 9.73. The monoisotopic (exact) mass is 528 g/mol. The van der Waals surface area contributed by atoms with E-state index in [0.29, 0.717) is 50.1 Å². The van der Waals surface area contributed by atoms with Gasteiger partial charge in [-0.05, 0) is 42.0 Å². The Balaban J connectivity index is 1.30. The Morgan fingerprint density at radius 1 is 0.800 bits per heavy atom. The summed E-state index contributed by atoms with van der Waals surface area (Å²) in [7, 11) is -4.93. The molecule has 5 fully saturated rings. The first kappa shape index (κ1) is 25.3. The number of carbonyl (C=O) groups excluding carboxylic acids is 1. The number of nitrogens with zero attached hydrogens (tertiary/aromatic N) is 4. The summed E-state index contributed by atoms with van der Waals surface area (Å²) in [6.45, 7) is 9.07. The summed E-state index contributed by atoms with van der Waals surface area (Å²) in [5.41, 5.74) is 2.34. The lowest BCUT2D eigenvalue weighted by molar-refractivity contribution is 0.152. The van der Waals surface area contributed by atoms with Gasteiger partial charge in [0.25, 0.3) is 0 Å². The van der Waals surface area contributed by atoms with Gasteiger partial charge in [-0.2, -0.15) is 21.2 Å². The van der Waals surface area contributed by atoms with Crippen molar-refractivity contribution in [2.24, 2.45) is 11.3 Å². The van der Waals surface area contributed by atoms with Gasteiger partial charge in [0, 0.05) is 57.2 Å². The molecule has 5 saturated heterocycles. The fourth-order valence-corrected chi connectivity index (χ4v) is 8.69. The van der Waals surface area contributed by atoms with Crippen molar-refractivity contribution < 1.29 is 23.0 Å². The van der Waals surface area contributed by atoms with Gasteiger partial charge in [-0.15, -0.1) is 0 Å². The molecule has 198 valence electrons. The van der Waals surface area contributed by atoms with Crippen molar-refractivity contribution in [3.8, 4) is 0 Å². The third kappa shape index (κ3) is 5.35. The van der Waals surface area contributed by atoms with Crippen LogP contribution in [0.1, 0.15) is 20.3 Å². The average Bonchev–Trinajstić information content (AvgIpc) is 3.06. The van der Waals surface area contributed by atoms with Gasteiger partial charge in [0.1, 0.15) is 0 Å². The first-order chi connectivity index (χ1) is 16.4. The molecule has 0 unspecified atom stereocenters. The fourth-order valence-electron chi connectivity index (χ4n) is 6.23. The number of urea groups is 1. The first-order valence-electron chi connectivity index (χ1n) is 12.6. The standard InChI is InChI=1S/C24H40N4O5S2/c1-24(2)15-19-16-27(23(29)26-9-13-35(32,33)14-10-26)18-22(24)28(17-19)21-5-3-20(4-6-21)25-7-11-34(30,31)12-8-25/h3-6,19,22,30-33H,7-18H2,1-2H3/t19-,22-/m1/s1. The highest BCUT2D eigenvalue weighted by molar-refractivity contribution is 8.24. The van der Waals surface area contributed by atoms with Crippen molar-refractivity contribution in [3.63, 3.8) is 0 Å². The highest BCUT2D eigenvalue weighted by atomic mass is 32.3. The third-order valence-electron chi connectivity index (χ3n) is 8.26. The summed E-state index contributed by atoms with van der Waals surface area (Å²) in [5.74, 6) is 1.79. The van der Waals surface area contributed by atoms with Crippen molar-refractivity contribution in [2.75, 3.05) is 78.6 Å². The molecule has 0 aromatic heterocycles. The molecule has 2 atom stereocenters. The van der Waals surface area contributed by atoms with E-state index in [1.54, 1.807) is 4.90 Å². The molecule has 0 radical (unpaired) electrons. The van der Waals surface area contributed by atoms with Crippen molar-refractivity contribution in [1.82, 2.24) is 9.80 Å². The Labute approximate surface area is 211 Å². The van der Waals surface area contributed by atoms with Crippen LogP contribution in [0.5, 0.6) is 0 Å². The molecule has 2 bridgehead atoms. The van der Waals surface area contributed by atoms with Crippen molar-refractivity contribution in [1.29, 1.82) is 0 Å². The van der Waals surface area contributed by atoms with Gasteiger partial charge in [0.15, 0.2) is 0 Å². The van der Waals surface area contributed by atoms with Crippen LogP contribution < -0.4 is 9.80 Å². The lowest BCUT2D eigenvalue weighted by Crippen LogP contribution is -2.55. The zero-order valence-electron chi connectivity index (χ0n) is 20.8. The number of amides is 2. The maximum atomic E-state index is 13.4. The van der Waals surface area contributed by atoms with E-state index in [2.05, 4.69) is 47.9 Å². The van der Waals surface area contributed by atoms with Gasteiger partial charge >= 0.3 is 6.03 Å². The minimum Gasteiger partial charge on any atom is -0.368 e. The minimum absolute atomic E-state index is 0.0286. The minimum atomic E-state index is -2.53. The molecule has 5 heterocycles. The molecule has 0 saturated carbocycles. The predicted octanol–water partition coefficient (Wildman–Crippen LogP) is 3.98. The van der Waals surface area contributed by atoms with Crippen LogP contribution in [0.25, 0.3) is 0 Å². The molecule has 0 spiro atoms. The quantitative estimate of drug-likeness (QED) is 0.460. The molecule has 0 aliphatic carbocycles. The van der Waals surface area contributed by atoms with E-state index in [0.717, 1.165) is 25.2 Å². The van der Waals surface area contributed by atoms with Crippen LogP contribution in [0.15, 0.2) is 24.3 Å². The summed E-state index contributed by atoms with van der Waals surface area (Å²) >= 11 is 0. The molecule has 2 amide bonds. The molecule has 35 heavy (non-hydrogen) atoms. The zero-order chi connectivity index (χ0) is 25.0. The van der Waals surface area contributed by atoms with Crippen LogP contribution in [0.2, 0.25) is 0 Å². The third-order valence-corrected chi connectivity index (χ3v) is 11.6. The second-order valence-electron chi connectivity index (χ2n) is 11.3. The largest absolute Gasteiger partial charge is 0.368 e. The molecular weight excluding hydrogens is 488 g/mol. The average molecular weight is 529 g/mol. The highest BCUT2D eigenvalue weighted by Crippen LogP contribution is 2.45. The Bertz CT molecular complexity index is 924. The SMILES string of the molecule is CC1(C)C[C@@H]2CN(C(=O)N3CCS(O)(O)CC3)C[C@H]1N(c1ccc(N3CCS(O)(O)CC3)cc1)C2. The first-order valence-corrected chi connectivity index (χ1v) is 16.3. The molecule has 9 nitrogen and oxygen atoms in total.